The summed E-state index contributed by atoms with van der Waals surface area (Å²) in [5, 5.41) is 17.6. The van der Waals surface area contributed by atoms with Crippen LogP contribution in [-0.2, 0) is 24.1 Å². The Labute approximate surface area is 178 Å². The largest absolute Gasteiger partial charge is 0.497 e. The van der Waals surface area contributed by atoms with Crippen LogP contribution in [0.25, 0.3) is 6.08 Å². The quantitative estimate of drug-likeness (QED) is 0.227. The number of carbonyl (C=O) groups is 2. The number of esters is 1. The van der Waals surface area contributed by atoms with E-state index in [0.29, 0.717) is 0 Å². The molecule has 0 aliphatic heterocycles. The summed E-state index contributed by atoms with van der Waals surface area (Å²) >= 11 is 0. The van der Waals surface area contributed by atoms with E-state index in [4.69, 9.17) is 19.7 Å². The lowest BCUT2D eigenvalue weighted by Crippen LogP contribution is -2.25. The fraction of sp³-hybridized carbons (Fsp3) is 0.545. The number of ether oxygens (including phenoxy) is 2. The van der Waals surface area contributed by atoms with Gasteiger partial charge in [0.05, 0.1) is 26.7 Å². The second-order valence-corrected chi connectivity index (χ2v) is 6.39. The van der Waals surface area contributed by atoms with E-state index in [2.05, 4.69) is 16.7 Å². The summed E-state index contributed by atoms with van der Waals surface area (Å²) in [7, 11) is 2.87. The van der Waals surface area contributed by atoms with E-state index in [9.17, 15) is 9.59 Å². The van der Waals surface area contributed by atoms with Crippen molar-refractivity contribution >= 4 is 18.0 Å². The monoisotopic (exact) mass is 426 g/mol. The highest BCUT2D eigenvalue weighted by molar-refractivity contribution is 5.86. The number of carbonyl (C=O) groups excluding carboxylic acids is 2. The zero-order valence-electron chi connectivity index (χ0n) is 18.2. The first-order chi connectivity index (χ1) is 14.4. The van der Waals surface area contributed by atoms with Gasteiger partial charge in [0, 0.05) is 6.08 Å². The number of methoxy groups -OCH3 is 1. The second kappa shape index (κ2) is 17.4. The van der Waals surface area contributed by atoms with E-state index < -0.39 is 12.1 Å². The third kappa shape index (κ3) is 12.9. The van der Waals surface area contributed by atoms with Crippen LogP contribution >= 0.6 is 0 Å². The van der Waals surface area contributed by atoms with Crippen molar-refractivity contribution in [2.24, 2.45) is 5.92 Å². The van der Waals surface area contributed by atoms with Gasteiger partial charge in [-0.05, 0) is 36.6 Å². The van der Waals surface area contributed by atoms with Gasteiger partial charge in [0.2, 0.25) is 0 Å². The topological polar surface area (TPSA) is 112 Å². The minimum absolute atomic E-state index is 0.0733. The van der Waals surface area contributed by atoms with E-state index in [1.165, 1.54) is 13.2 Å². The molecule has 0 aliphatic carbocycles. The van der Waals surface area contributed by atoms with E-state index in [1.807, 2.05) is 19.1 Å². The van der Waals surface area contributed by atoms with Gasteiger partial charge in [0.25, 0.3) is 0 Å². The van der Waals surface area contributed by atoms with Crippen LogP contribution in [-0.4, -0.2) is 55.7 Å². The SMILES string of the molecule is CCCCC(CC)C(=O)OCC(O)CO.COOC(=O)C=Cc1ccc(OC)cc1. The Hall–Kier alpha value is -2.42. The highest BCUT2D eigenvalue weighted by atomic mass is 17.2. The Kier molecular flexibility index (Phi) is 16.0. The van der Waals surface area contributed by atoms with Crippen LogP contribution in [0.5, 0.6) is 5.75 Å². The molecule has 0 aromatic heterocycles. The van der Waals surface area contributed by atoms with Gasteiger partial charge in [-0.2, -0.15) is 4.89 Å². The summed E-state index contributed by atoms with van der Waals surface area (Å²) in [4.78, 5) is 30.8. The predicted octanol–water partition coefficient (Wildman–Crippen LogP) is 2.91. The zero-order chi connectivity index (χ0) is 22.8. The highest BCUT2D eigenvalue weighted by Gasteiger charge is 2.18. The third-order valence-electron chi connectivity index (χ3n) is 4.05. The number of rotatable bonds is 12. The molecule has 1 rings (SSSR count). The van der Waals surface area contributed by atoms with Crippen molar-refractivity contribution in [1.82, 2.24) is 0 Å². The van der Waals surface area contributed by atoms with Crippen molar-refractivity contribution < 1.29 is 39.1 Å². The normalized spacial score (nSPS) is 12.5. The number of hydrogen-bond donors (Lipinski definition) is 2. The van der Waals surface area contributed by atoms with E-state index in [0.717, 1.165) is 37.0 Å². The minimum atomic E-state index is -0.961. The van der Waals surface area contributed by atoms with Crippen LogP contribution in [0.2, 0.25) is 0 Å². The van der Waals surface area contributed by atoms with Gasteiger partial charge in [0.15, 0.2) is 0 Å². The average Bonchev–Trinajstić information content (AvgIpc) is 2.77. The van der Waals surface area contributed by atoms with Gasteiger partial charge >= 0.3 is 11.9 Å². The Bertz CT molecular complexity index is 612. The molecule has 0 saturated carbocycles. The minimum Gasteiger partial charge on any atom is -0.497 e. The Balaban J connectivity index is 0.000000561. The maximum Gasteiger partial charge on any atom is 0.365 e. The smallest absolute Gasteiger partial charge is 0.365 e. The standard InChI is InChI=1S/C11H12O4.C11H22O4/c1-13-10-6-3-9(4-7-10)5-8-11(12)15-14-2;1-3-5-6-9(4-2)11(14)15-8-10(13)7-12/h3-8H,1-2H3;9-10,12-13H,3-8H2,1-2H3. The number of unbranched alkanes of at least 4 members (excludes halogenated alkanes) is 1. The van der Waals surface area contributed by atoms with Crippen LogP contribution in [0.3, 0.4) is 0 Å². The molecule has 0 bridgehead atoms. The summed E-state index contributed by atoms with van der Waals surface area (Å²) in [6.45, 7) is 3.54. The summed E-state index contributed by atoms with van der Waals surface area (Å²) in [5.74, 6) is -0.116. The lowest BCUT2D eigenvalue weighted by molar-refractivity contribution is -0.249. The zero-order valence-corrected chi connectivity index (χ0v) is 18.2. The molecule has 1 aromatic carbocycles. The van der Waals surface area contributed by atoms with Crippen molar-refractivity contribution in [3.63, 3.8) is 0 Å². The van der Waals surface area contributed by atoms with Gasteiger partial charge in [-0.15, -0.1) is 0 Å². The molecule has 0 saturated heterocycles. The van der Waals surface area contributed by atoms with Crippen molar-refractivity contribution in [2.75, 3.05) is 27.4 Å². The van der Waals surface area contributed by atoms with Crippen molar-refractivity contribution in [3.05, 3.63) is 35.9 Å². The summed E-state index contributed by atoms with van der Waals surface area (Å²) in [5.41, 5.74) is 0.879. The summed E-state index contributed by atoms with van der Waals surface area (Å²) in [6.07, 6.45) is 5.61. The van der Waals surface area contributed by atoms with Crippen LogP contribution in [0.4, 0.5) is 0 Å². The maximum absolute atomic E-state index is 11.5. The average molecular weight is 427 g/mol. The molecule has 2 atom stereocenters. The van der Waals surface area contributed by atoms with Crippen LogP contribution < -0.4 is 4.74 Å². The van der Waals surface area contributed by atoms with Crippen molar-refractivity contribution in [1.29, 1.82) is 0 Å². The Morgan fingerprint density at radius 3 is 2.30 bits per heavy atom. The van der Waals surface area contributed by atoms with E-state index in [1.54, 1.807) is 25.3 Å². The van der Waals surface area contributed by atoms with Gasteiger partial charge in [-0.1, -0.05) is 38.8 Å². The second-order valence-electron chi connectivity index (χ2n) is 6.39. The Morgan fingerprint density at radius 2 is 1.80 bits per heavy atom. The predicted molar refractivity (Wildman–Crippen MR) is 112 cm³/mol. The fourth-order valence-corrected chi connectivity index (χ4v) is 2.28. The van der Waals surface area contributed by atoms with Crippen LogP contribution in [0.15, 0.2) is 30.3 Å². The molecule has 8 nitrogen and oxygen atoms in total. The van der Waals surface area contributed by atoms with Gasteiger partial charge in [-0.3, -0.25) is 9.68 Å². The third-order valence-corrected chi connectivity index (χ3v) is 4.05. The molecule has 170 valence electrons. The van der Waals surface area contributed by atoms with Gasteiger partial charge in [0.1, 0.15) is 18.5 Å². The number of benzene rings is 1. The first kappa shape index (κ1) is 27.6. The van der Waals surface area contributed by atoms with E-state index in [-0.39, 0.29) is 25.1 Å². The van der Waals surface area contributed by atoms with Crippen LogP contribution in [0, 0.1) is 5.92 Å². The Morgan fingerprint density at radius 1 is 1.13 bits per heavy atom. The molecular formula is C22H34O8. The maximum atomic E-state index is 11.5. The summed E-state index contributed by atoms with van der Waals surface area (Å²) in [6, 6.07) is 7.27. The first-order valence-corrected chi connectivity index (χ1v) is 9.93. The molecule has 0 amide bonds. The lowest BCUT2D eigenvalue weighted by atomic mass is 10.00. The molecule has 0 spiro atoms. The molecule has 0 radical (unpaired) electrons. The molecule has 8 heteroatoms. The van der Waals surface area contributed by atoms with E-state index >= 15 is 0 Å². The number of aliphatic hydroxyl groups is 2. The van der Waals surface area contributed by atoms with Gasteiger partial charge in [-0.25, -0.2) is 4.79 Å². The number of hydrogen-bond acceptors (Lipinski definition) is 8. The molecule has 0 aliphatic rings. The van der Waals surface area contributed by atoms with Gasteiger partial charge < -0.3 is 19.7 Å². The molecule has 0 fully saturated rings. The van der Waals surface area contributed by atoms with Crippen molar-refractivity contribution in [2.45, 2.75) is 45.6 Å². The first-order valence-electron chi connectivity index (χ1n) is 9.93. The summed E-state index contributed by atoms with van der Waals surface area (Å²) < 4.78 is 9.89. The molecule has 2 unspecified atom stereocenters. The number of aliphatic hydroxyl groups excluding tert-OH is 2. The highest BCUT2D eigenvalue weighted by Crippen LogP contribution is 2.14. The molecule has 1 aromatic rings. The fourth-order valence-electron chi connectivity index (χ4n) is 2.28. The lowest BCUT2D eigenvalue weighted by Gasteiger charge is -2.15. The molecule has 0 heterocycles. The van der Waals surface area contributed by atoms with Crippen LogP contribution in [0.1, 0.15) is 45.1 Å². The van der Waals surface area contributed by atoms with Crippen molar-refractivity contribution in [3.8, 4) is 5.75 Å². The molecular weight excluding hydrogens is 392 g/mol. The molecule has 30 heavy (non-hydrogen) atoms. The molecule has 2 N–H and O–H groups in total.